The normalized spacial score (nSPS) is 26.7. The second kappa shape index (κ2) is 8.65. The molecule has 0 spiro atoms. The van der Waals surface area contributed by atoms with Crippen molar-refractivity contribution in [1.29, 1.82) is 0 Å². The molecule has 6 heteroatoms. The van der Waals surface area contributed by atoms with E-state index in [9.17, 15) is 15.0 Å². The van der Waals surface area contributed by atoms with E-state index in [1.807, 2.05) is 58.0 Å². The largest absolute Gasteiger partial charge is 0.440 e. The molecule has 4 atom stereocenters. The van der Waals surface area contributed by atoms with Gasteiger partial charge < -0.3 is 24.6 Å². The van der Waals surface area contributed by atoms with Crippen LogP contribution in [0.2, 0.25) is 0 Å². The number of nitrogens with zero attached hydrogens (tertiary/aromatic N) is 1. The summed E-state index contributed by atoms with van der Waals surface area (Å²) in [5.41, 5.74) is 0.927. The number of rotatable bonds is 5. The number of hydrogen-bond donors (Lipinski definition) is 2. The molecule has 1 amide bonds. The molecule has 0 radical (unpaired) electrons. The number of aliphatic hydroxyl groups excluding tert-OH is 2. The van der Waals surface area contributed by atoms with E-state index in [1.165, 1.54) is 0 Å². The average Bonchev–Trinajstić information content (AvgIpc) is 2.56. The van der Waals surface area contributed by atoms with Crippen molar-refractivity contribution in [3.63, 3.8) is 0 Å². The highest BCUT2D eigenvalue weighted by Gasteiger charge is 2.41. The summed E-state index contributed by atoms with van der Waals surface area (Å²) in [6.07, 6.45) is -3.09. The Hall–Kier alpha value is -1.63. The van der Waals surface area contributed by atoms with Gasteiger partial charge >= 0.3 is 6.09 Å². The summed E-state index contributed by atoms with van der Waals surface area (Å²) < 4.78 is 11.4. The lowest BCUT2D eigenvalue weighted by atomic mass is 9.94. The van der Waals surface area contributed by atoms with Gasteiger partial charge in [-0.25, -0.2) is 4.79 Å². The van der Waals surface area contributed by atoms with E-state index in [0.29, 0.717) is 6.42 Å². The van der Waals surface area contributed by atoms with Gasteiger partial charge in [-0.1, -0.05) is 30.3 Å². The monoisotopic (exact) mass is 351 g/mol. The molecule has 1 heterocycles. The van der Waals surface area contributed by atoms with Crippen molar-refractivity contribution >= 4 is 6.09 Å². The number of hydrogen-bond acceptors (Lipinski definition) is 5. The third-order valence-electron chi connectivity index (χ3n) is 4.45. The number of aliphatic hydroxyl groups is 2. The van der Waals surface area contributed by atoms with Crippen LogP contribution in [0.4, 0.5) is 4.79 Å². The molecule has 2 N–H and O–H groups in total. The second-order valence-corrected chi connectivity index (χ2v) is 7.00. The molecule has 1 aromatic carbocycles. The average molecular weight is 351 g/mol. The van der Waals surface area contributed by atoms with E-state index in [4.69, 9.17) is 9.47 Å². The van der Waals surface area contributed by atoms with E-state index in [-0.39, 0.29) is 24.8 Å². The SMILES string of the molecule is CC(C)N(C(=O)O[C@@H]1[C@H](O)C[C@H](c2ccccc2)O[C@@H]1CO)C(C)C. The first-order chi connectivity index (χ1) is 11.8. The van der Waals surface area contributed by atoms with E-state index in [2.05, 4.69) is 0 Å². The lowest BCUT2D eigenvalue weighted by molar-refractivity contribution is -0.185. The minimum atomic E-state index is -0.902. The van der Waals surface area contributed by atoms with Crippen LogP contribution in [-0.2, 0) is 9.47 Å². The van der Waals surface area contributed by atoms with Crippen molar-refractivity contribution in [3.8, 4) is 0 Å². The van der Waals surface area contributed by atoms with Gasteiger partial charge in [0.1, 0.15) is 6.10 Å². The topological polar surface area (TPSA) is 79.2 Å². The van der Waals surface area contributed by atoms with Crippen LogP contribution in [0.15, 0.2) is 30.3 Å². The van der Waals surface area contributed by atoms with Crippen LogP contribution in [0.5, 0.6) is 0 Å². The van der Waals surface area contributed by atoms with Gasteiger partial charge in [-0.2, -0.15) is 0 Å². The number of benzene rings is 1. The summed E-state index contributed by atoms with van der Waals surface area (Å²) in [6, 6.07) is 9.47. The molecular formula is C19H29NO5. The smallest absolute Gasteiger partial charge is 0.410 e. The van der Waals surface area contributed by atoms with Gasteiger partial charge in [0.25, 0.3) is 0 Å². The Morgan fingerprint density at radius 1 is 1.24 bits per heavy atom. The van der Waals surface area contributed by atoms with Crippen molar-refractivity contribution in [2.75, 3.05) is 6.61 Å². The molecule has 2 rings (SSSR count). The van der Waals surface area contributed by atoms with Gasteiger partial charge in [-0.3, -0.25) is 0 Å². The van der Waals surface area contributed by atoms with Crippen LogP contribution >= 0.6 is 0 Å². The van der Waals surface area contributed by atoms with Crippen LogP contribution in [0, 0.1) is 0 Å². The standard InChI is InChI=1S/C19H29NO5/c1-12(2)20(13(3)4)19(23)25-18-15(22)10-16(24-17(18)11-21)14-8-6-5-7-9-14/h5-9,12-13,15-18,21-22H,10-11H2,1-4H3/t15-,16-,17-,18-/m1/s1. The van der Waals surface area contributed by atoms with Gasteiger partial charge in [0.05, 0.1) is 18.8 Å². The van der Waals surface area contributed by atoms with Gasteiger partial charge in [0.2, 0.25) is 0 Å². The zero-order valence-electron chi connectivity index (χ0n) is 15.3. The Morgan fingerprint density at radius 2 is 1.84 bits per heavy atom. The first-order valence-corrected chi connectivity index (χ1v) is 8.83. The molecule has 0 aromatic heterocycles. The molecule has 1 aliphatic rings. The molecule has 6 nitrogen and oxygen atoms in total. The van der Waals surface area contributed by atoms with Crippen LogP contribution in [-0.4, -0.2) is 58.2 Å². The zero-order chi connectivity index (χ0) is 18.6. The summed E-state index contributed by atoms with van der Waals surface area (Å²) in [5.74, 6) is 0. The number of carbonyl (C=O) groups is 1. The van der Waals surface area contributed by atoms with Crippen LogP contribution in [0.25, 0.3) is 0 Å². The Balaban J connectivity index is 2.10. The Kier molecular flexibility index (Phi) is 6.81. The van der Waals surface area contributed by atoms with Gasteiger partial charge in [0, 0.05) is 18.5 Å². The van der Waals surface area contributed by atoms with Crippen LogP contribution in [0.1, 0.15) is 45.8 Å². The molecule has 25 heavy (non-hydrogen) atoms. The maximum Gasteiger partial charge on any atom is 0.410 e. The molecule has 0 aliphatic carbocycles. The van der Waals surface area contributed by atoms with Crippen LogP contribution < -0.4 is 0 Å². The summed E-state index contributed by atoms with van der Waals surface area (Å²) in [4.78, 5) is 14.1. The quantitative estimate of drug-likeness (QED) is 0.852. The minimum Gasteiger partial charge on any atom is -0.440 e. The highest BCUT2D eigenvalue weighted by molar-refractivity contribution is 5.68. The molecule has 1 saturated heterocycles. The third kappa shape index (κ3) is 4.71. The number of carbonyl (C=O) groups excluding carboxylic acids is 1. The predicted octanol–water partition coefficient (Wildman–Crippen LogP) is 2.49. The lowest BCUT2D eigenvalue weighted by Crippen LogP contribution is -2.53. The molecule has 1 aromatic rings. The lowest BCUT2D eigenvalue weighted by Gasteiger charge is -2.40. The fraction of sp³-hybridized carbons (Fsp3) is 0.632. The van der Waals surface area contributed by atoms with Crippen molar-refractivity contribution in [1.82, 2.24) is 4.90 Å². The molecule has 1 fully saturated rings. The van der Waals surface area contributed by atoms with Crippen molar-refractivity contribution < 1.29 is 24.5 Å². The maximum atomic E-state index is 12.5. The summed E-state index contributed by atoms with van der Waals surface area (Å²) in [7, 11) is 0. The highest BCUT2D eigenvalue weighted by Crippen LogP contribution is 2.33. The molecule has 1 aliphatic heterocycles. The second-order valence-electron chi connectivity index (χ2n) is 7.00. The fourth-order valence-electron chi connectivity index (χ4n) is 3.32. The maximum absolute atomic E-state index is 12.5. The molecular weight excluding hydrogens is 322 g/mol. The van der Waals surface area contributed by atoms with Crippen LogP contribution in [0.3, 0.4) is 0 Å². The van der Waals surface area contributed by atoms with Crippen molar-refractivity contribution in [3.05, 3.63) is 35.9 Å². The fourth-order valence-corrected chi connectivity index (χ4v) is 3.32. The van der Waals surface area contributed by atoms with Gasteiger partial charge in [0.15, 0.2) is 6.10 Å². The molecule has 0 bridgehead atoms. The summed E-state index contributed by atoms with van der Waals surface area (Å²) in [5, 5.41) is 20.2. The van der Waals surface area contributed by atoms with E-state index < -0.39 is 24.4 Å². The number of ether oxygens (including phenoxy) is 2. The summed E-state index contributed by atoms with van der Waals surface area (Å²) >= 11 is 0. The Bertz CT molecular complexity index is 540. The Morgan fingerprint density at radius 3 is 2.36 bits per heavy atom. The molecule has 140 valence electrons. The van der Waals surface area contributed by atoms with Crippen molar-refractivity contribution in [2.24, 2.45) is 0 Å². The summed E-state index contributed by atoms with van der Waals surface area (Å²) in [6.45, 7) is 7.30. The predicted molar refractivity (Wildman–Crippen MR) is 94.1 cm³/mol. The molecule has 0 saturated carbocycles. The Labute approximate surface area is 149 Å². The molecule has 0 unspecified atom stereocenters. The van der Waals surface area contributed by atoms with E-state index >= 15 is 0 Å². The number of amides is 1. The zero-order valence-corrected chi connectivity index (χ0v) is 15.3. The van der Waals surface area contributed by atoms with Crippen molar-refractivity contribution in [2.45, 2.75) is 70.6 Å². The van der Waals surface area contributed by atoms with E-state index in [0.717, 1.165) is 5.56 Å². The minimum absolute atomic E-state index is 0.0289. The third-order valence-corrected chi connectivity index (χ3v) is 4.45. The first-order valence-electron chi connectivity index (χ1n) is 8.83. The van der Waals surface area contributed by atoms with E-state index in [1.54, 1.807) is 4.90 Å². The van der Waals surface area contributed by atoms with Gasteiger partial charge in [-0.05, 0) is 33.3 Å². The highest BCUT2D eigenvalue weighted by atomic mass is 16.6. The van der Waals surface area contributed by atoms with Gasteiger partial charge in [-0.15, -0.1) is 0 Å². The first kappa shape index (κ1) is 19.7.